The first-order valence-corrected chi connectivity index (χ1v) is 7.11. The summed E-state index contributed by atoms with van der Waals surface area (Å²) in [4.78, 5) is 4.29. The topological polar surface area (TPSA) is 75.8 Å². The van der Waals surface area contributed by atoms with Crippen LogP contribution in [0.5, 0.6) is 0 Å². The Kier molecular flexibility index (Phi) is 3.50. The number of oxazole rings is 1. The molecular formula is C15H10FN3OS. The molecule has 104 valence electrons. The van der Waals surface area contributed by atoms with Crippen LogP contribution in [0.15, 0.2) is 46.0 Å². The number of thioether (sulfide) groups is 1. The molecule has 0 amide bonds. The highest BCUT2D eigenvalue weighted by Gasteiger charge is 2.09. The second kappa shape index (κ2) is 5.46. The summed E-state index contributed by atoms with van der Waals surface area (Å²) in [5, 5.41) is 9.28. The summed E-state index contributed by atoms with van der Waals surface area (Å²) in [7, 11) is 0. The van der Waals surface area contributed by atoms with Gasteiger partial charge in [-0.3, -0.25) is 0 Å². The van der Waals surface area contributed by atoms with Crippen LogP contribution in [0.3, 0.4) is 0 Å². The van der Waals surface area contributed by atoms with Gasteiger partial charge in [0.05, 0.1) is 11.6 Å². The maximum atomic E-state index is 13.7. The average Bonchev–Trinajstić information content (AvgIpc) is 2.88. The minimum Gasteiger partial charge on any atom is -0.431 e. The third-order valence-electron chi connectivity index (χ3n) is 2.92. The molecule has 3 aromatic rings. The number of nitrogens with two attached hydrogens (primary N) is 1. The maximum absolute atomic E-state index is 13.7. The Morgan fingerprint density at radius 2 is 2.14 bits per heavy atom. The molecule has 6 heteroatoms. The number of nitriles is 1. The molecule has 1 heterocycles. The monoisotopic (exact) mass is 299 g/mol. The molecule has 2 N–H and O–H groups in total. The minimum absolute atomic E-state index is 0.337. The van der Waals surface area contributed by atoms with E-state index in [-0.39, 0.29) is 5.82 Å². The van der Waals surface area contributed by atoms with E-state index in [9.17, 15) is 4.39 Å². The molecule has 2 aromatic carbocycles. The Balaban J connectivity index is 1.82. The third kappa shape index (κ3) is 2.83. The lowest BCUT2D eigenvalue weighted by atomic mass is 10.1. The average molecular weight is 299 g/mol. The normalized spacial score (nSPS) is 10.7. The van der Waals surface area contributed by atoms with Crippen molar-refractivity contribution < 1.29 is 8.81 Å². The van der Waals surface area contributed by atoms with Gasteiger partial charge in [-0.1, -0.05) is 11.8 Å². The number of halogens is 1. The van der Waals surface area contributed by atoms with Crippen molar-refractivity contribution in [2.45, 2.75) is 11.0 Å². The Morgan fingerprint density at radius 3 is 2.95 bits per heavy atom. The molecule has 0 aliphatic rings. The Morgan fingerprint density at radius 1 is 1.29 bits per heavy atom. The zero-order valence-corrected chi connectivity index (χ0v) is 11.7. The summed E-state index contributed by atoms with van der Waals surface area (Å²) in [5.41, 5.74) is 8.46. The Hall–Kier alpha value is -2.52. The predicted molar refractivity (Wildman–Crippen MR) is 79.1 cm³/mol. The number of rotatable bonds is 3. The van der Waals surface area contributed by atoms with Gasteiger partial charge in [0, 0.05) is 17.5 Å². The molecule has 0 unspecified atom stereocenters. The number of aromatic nitrogens is 1. The van der Waals surface area contributed by atoms with Crippen molar-refractivity contribution in [3.63, 3.8) is 0 Å². The van der Waals surface area contributed by atoms with E-state index < -0.39 is 0 Å². The number of hydrogen-bond donors (Lipinski definition) is 1. The maximum Gasteiger partial charge on any atom is 0.257 e. The zero-order valence-electron chi connectivity index (χ0n) is 10.8. The van der Waals surface area contributed by atoms with Gasteiger partial charge in [-0.2, -0.15) is 5.26 Å². The Labute approximate surface area is 124 Å². The molecule has 4 nitrogen and oxygen atoms in total. The van der Waals surface area contributed by atoms with Gasteiger partial charge in [-0.05, 0) is 35.9 Å². The fraction of sp³-hybridized carbons (Fsp3) is 0.0667. The van der Waals surface area contributed by atoms with Crippen LogP contribution in [0.4, 0.5) is 10.1 Å². The molecule has 0 saturated heterocycles. The standard InChI is InChI=1S/C15H10FN3OS/c16-12-3-1-9(7-17)5-10(12)8-21-15-19-13-4-2-11(18)6-14(13)20-15/h1-6H,8,18H2. The van der Waals surface area contributed by atoms with Gasteiger partial charge in [0.15, 0.2) is 5.58 Å². The number of hydrogen-bond acceptors (Lipinski definition) is 5. The van der Waals surface area contributed by atoms with Gasteiger partial charge in [-0.15, -0.1) is 0 Å². The SMILES string of the molecule is N#Cc1ccc(F)c(CSc2nc3ccc(N)cc3o2)c1. The molecule has 0 fully saturated rings. The van der Waals surface area contributed by atoms with Crippen LogP contribution >= 0.6 is 11.8 Å². The van der Waals surface area contributed by atoms with Gasteiger partial charge in [0.1, 0.15) is 11.3 Å². The van der Waals surface area contributed by atoms with E-state index in [1.165, 1.54) is 30.0 Å². The molecule has 3 rings (SSSR count). The number of fused-ring (bicyclic) bond motifs is 1. The smallest absolute Gasteiger partial charge is 0.257 e. The molecule has 0 aliphatic heterocycles. The van der Waals surface area contributed by atoms with Crippen LogP contribution in [-0.2, 0) is 5.75 Å². The number of benzene rings is 2. The van der Waals surface area contributed by atoms with Crippen molar-refractivity contribution in [3.05, 3.63) is 53.3 Å². The summed E-state index contributed by atoms with van der Waals surface area (Å²) in [5.74, 6) is -0.00854. The van der Waals surface area contributed by atoms with E-state index in [0.29, 0.717) is 38.9 Å². The number of anilines is 1. The summed E-state index contributed by atoms with van der Waals surface area (Å²) in [6.45, 7) is 0. The van der Waals surface area contributed by atoms with Crippen molar-refractivity contribution in [3.8, 4) is 6.07 Å². The number of nitrogens with zero attached hydrogens (tertiary/aromatic N) is 2. The highest BCUT2D eigenvalue weighted by atomic mass is 32.2. The van der Waals surface area contributed by atoms with Crippen molar-refractivity contribution in [1.82, 2.24) is 4.98 Å². The second-order valence-electron chi connectivity index (χ2n) is 4.41. The van der Waals surface area contributed by atoms with Crippen LogP contribution in [0.1, 0.15) is 11.1 Å². The van der Waals surface area contributed by atoms with E-state index in [1.807, 2.05) is 6.07 Å². The highest BCUT2D eigenvalue weighted by Crippen LogP contribution is 2.28. The first-order chi connectivity index (χ1) is 10.2. The van der Waals surface area contributed by atoms with E-state index in [1.54, 1.807) is 18.2 Å². The van der Waals surface area contributed by atoms with E-state index in [0.717, 1.165) is 0 Å². The van der Waals surface area contributed by atoms with Crippen LogP contribution in [-0.4, -0.2) is 4.98 Å². The number of nitrogen functional groups attached to an aromatic ring is 1. The van der Waals surface area contributed by atoms with E-state index in [4.69, 9.17) is 15.4 Å². The summed E-state index contributed by atoms with van der Waals surface area (Å²) >= 11 is 1.27. The van der Waals surface area contributed by atoms with Crippen LogP contribution in [0.2, 0.25) is 0 Å². The third-order valence-corrected chi connectivity index (χ3v) is 3.80. The van der Waals surface area contributed by atoms with Gasteiger partial charge >= 0.3 is 0 Å². The molecule has 21 heavy (non-hydrogen) atoms. The molecule has 0 radical (unpaired) electrons. The molecular weight excluding hydrogens is 289 g/mol. The largest absolute Gasteiger partial charge is 0.431 e. The summed E-state index contributed by atoms with van der Waals surface area (Å²) < 4.78 is 19.2. The lowest BCUT2D eigenvalue weighted by Crippen LogP contribution is -1.89. The second-order valence-corrected chi connectivity index (χ2v) is 5.34. The fourth-order valence-corrected chi connectivity index (χ4v) is 2.69. The quantitative estimate of drug-likeness (QED) is 0.589. The van der Waals surface area contributed by atoms with Crippen LogP contribution in [0, 0.1) is 17.1 Å². The first-order valence-electron chi connectivity index (χ1n) is 6.13. The molecule has 0 atom stereocenters. The van der Waals surface area contributed by atoms with Gasteiger partial charge in [0.2, 0.25) is 0 Å². The highest BCUT2D eigenvalue weighted by molar-refractivity contribution is 7.98. The molecule has 0 bridgehead atoms. The van der Waals surface area contributed by atoms with Crippen LogP contribution in [0.25, 0.3) is 11.1 Å². The van der Waals surface area contributed by atoms with Crippen molar-refractivity contribution in [1.29, 1.82) is 5.26 Å². The van der Waals surface area contributed by atoms with Crippen molar-refractivity contribution >= 4 is 28.5 Å². The van der Waals surface area contributed by atoms with Gasteiger partial charge in [0.25, 0.3) is 5.22 Å². The van der Waals surface area contributed by atoms with E-state index >= 15 is 0 Å². The lowest BCUT2D eigenvalue weighted by molar-refractivity contribution is 0.489. The van der Waals surface area contributed by atoms with Crippen molar-refractivity contribution in [2.75, 3.05) is 5.73 Å². The van der Waals surface area contributed by atoms with Gasteiger partial charge in [-0.25, -0.2) is 9.37 Å². The summed E-state index contributed by atoms with van der Waals surface area (Å²) in [6, 6.07) is 11.5. The Bertz CT molecular complexity index is 854. The van der Waals surface area contributed by atoms with E-state index in [2.05, 4.69) is 4.98 Å². The van der Waals surface area contributed by atoms with Crippen molar-refractivity contribution in [2.24, 2.45) is 0 Å². The van der Waals surface area contributed by atoms with Crippen LogP contribution < -0.4 is 5.73 Å². The molecule has 0 aliphatic carbocycles. The summed E-state index contributed by atoms with van der Waals surface area (Å²) in [6.07, 6.45) is 0. The molecule has 0 spiro atoms. The molecule has 1 aromatic heterocycles. The predicted octanol–water partition coefficient (Wildman–Crippen LogP) is 3.71. The van der Waals surface area contributed by atoms with Gasteiger partial charge < -0.3 is 10.2 Å². The zero-order chi connectivity index (χ0) is 14.8. The molecule has 0 saturated carbocycles. The fourth-order valence-electron chi connectivity index (χ4n) is 1.88. The lowest BCUT2D eigenvalue weighted by Gasteiger charge is -2.01. The minimum atomic E-state index is -0.346. The first kappa shape index (κ1) is 13.5.